The van der Waals surface area contributed by atoms with Crippen LogP contribution in [0.5, 0.6) is 0 Å². The van der Waals surface area contributed by atoms with Crippen molar-refractivity contribution in [3.05, 3.63) is 28.7 Å². The van der Waals surface area contributed by atoms with Gasteiger partial charge in [-0.2, -0.15) is 0 Å². The average molecular weight is 297 g/mol. The normalized spacial score (nSPS) is 24.4. The highest BCUT2D eigenvalue weighted by Crippen LogP contribution is 2.19. The van der Waals surface area contributed by atoms with E-state index in [9.17, 15) is 4.79 Å². The summed E-state index contributed by atoms with van der Waals surface area (Å²) in [5.74, 6) is 0.274. The van der Waals surface area contributed by atoms with E-state index in [1.165, 1.54) is 0 Å². The molecule has 1 aliphatic heterocycles. The lowest BCUT2D eigenvalue weighted by molar-refractivity contribution is -0.120. The van der Waals surface area contributed by atoms with E-state index in [-0.39, 0.29) is 11.8 Å². The fourth-order valence-electron chi connectivity index (χ4n) is 2.15. The third kappa shape index (κ3) is 3.54. The summed E-state index contributed by atoms with van der Waals surface area (Å²) in [6, 6.07) is 8.12. The summed E-state index contributed by atoms with van der Waals surface area (Å²) in [6.45, 7) is 3.05. The molecule has 1 aromatic rings. The van der Waals surface area contributed by atoms with Gasteiger partial charge in [0.25, 0.3) is 0 Å². The minimum atomic E-state index is 0.134. The molecule has 4 heteroatoms. The molecular formula is C13H17BrN2O. The molecule has 1 aliphatic rings. The maximum atomic E-state index is 12.0. The van der Waals surface area contributed by atoms with Crippen LogP contribution in [0.25, 0.3) is 0 Å². The molecule has 17 heavy (non-hydrogen) atoms. The molecule has 2 N–H and O–H groups in total. The molecular weight excluding hydrogens is 280 g/mol. The zero-order valence-corrected chi connectivity index (χ0v) is 11.5. The number of benzene rings is 1. The highest BCUT2D eigenvalue weighted by molar-refractivity contribution is 9.10. The number of nitrogens with one attached hydrogen (secondary N) is 2. The van der Waals surface area contributed by atoms with Gasteiger partial charge in [-0.25, -0.2) is 0 Å². The molecule has 1 aromatic carbocycles. The largest absolute Gasteiger partial charge is 0.326 e. The van der Waals surface area contributed by atoms with Crippen LogP contribution >= 0.6 is 15.9 Å². The van der Waals surface area contributed by atoms with Crippen LogP contribution in [0.1, 0.15) is 19.8 Å². The summed E-state index contributed by atoms with van der Waals surface area (Å²) in [4.78, 5) is 12.0. The molecule has 92 valence electrons. The van der Waals surface area contributed by atoms with Crippen LogP contribution in [0, 0.1) is 5.92 Å². The van der Waals surface area contributed by atoms with Crippen LogP contribution in [0.2, 0.25) is 0 Å². The fraction of sp³-hybridized carbons (Fsp3) is 0.462. The molecule has 2 atom stereocenters. The summed E-state index contributed by atoms with van der Waals surface area (Å²) in [5.41, 5.74) is 0.865. The predicted octanol–water partition coefficient (Wildman–Crippen LogP) is 2.78. The van der Waals surface area contributed by atoms with Gasteiger partial charge in [0.2, 0.25) is 5.91 Å². The second kappa shape index (κ2) is 5.65. The number of hydrogen-bond acceptors (Lipinski definition) is 2. The lowest BCUT2D eigenvalue weighted by Gasteiger charge is -2.27. The van der Waals surface area contributed by atoms with Crippen LogP contribution in [-0.2, 0) is 4.79 Å². The van der Waals surface area contributed by atoms with Gasteiger partial charge in [0.15, 0.2) is 0 Å². The first-order valence-electron chi connectivity index (χ1n) is 5.95. The zero-order chi connectivity index (χ0) is 12.3. The van der Waals surface area contributed by atoms with Crippen molar-refractivity contribution in [2.24, 2.45) is 5.92 Å². The highest BCUT2D eigenvalue weighted by atomic mass is 79.9. The molecule has 1 amide bonds. The number of anilines is 1. The molecule has 3 nitrogen and oxygen atoms in total. The number of carbonyl (C=O) groups is 1. The molecule has 0 spiro atoms. The second-order valence-electron chi connectivity index (χ2n) is 4.57. The van der Waals surface area contributed by atoms with Crippen LogP contribution in [0.15, 0.2) is 28.7 Å². The van der Waals surface area contributed by atoms with Crippen LogP contribution < -0.4 is 10.6 Å². The molecule has 2 rings (SSSR count). The van der Waals surface area contributed by atoms with Gasteiger partial charge in [0.05, 0.1) is 0 Å². The van der Waals surface area contributed by atoms with Gasteiger partial charge < -0.3 is 10.6 Å². The molecule has 1 saturated heterocycles. The van der Waals surface area contributed by atoms with E-state index in [1.54, 1.807) is 0 Å². The van der Waals surface area contributed by atoms with Crippen LogP contribution in [-0.4, -0.2) is 18.5 Å². The maximum absolute atomic E-state index is 12.0. The Bertz CT molecular complexity index is 391. The Labute approximate surface area is 110 Å². The molecule has 1 fully saturated rings. The second-order valence-corrected chi connectivity index (χ2v) is 5.49. The van der Waals surface area contributed by atoms with Crippen molar-refractivity contribution >= 4 is 27.5 Å². The third-order valence-corrected chi connectivity index (χ3v) is 3.63. The number of rotatable bonds is 2. The SMILES string of the molecule is C[C@H]1C[C@@H](C(=O)Nc2ccc(Br)cc2)CCN1. The molecule has 0 saturated carbocycles. The zero-order valence-electron chi connectivity index (χ0n) is 9.87. The van der Waals surface area contributed by atoms with E-state index in [4.69, 9.17) is 0 Å². The standard InChI is InChI=1S/C13H17BrN2O/c1-9-8-10(6-7-15-9)13(17)16-12-4-2-11(14)3-5-12/h2-5,9-10,15H,6-8H2,1H3,(H,16,17)/t9-,10-/m0/s1. The van der Waals surface area contributed by atoms with Crippen molar-refractivity contribution in [3.63, 3.8) is 0 Å². The number of carbonyl (C=O) groups excluding carboxylic acids is 1. The van der Waals surface area contributed by atoms with E-state index in [0.29, 0.717) is 6.04 Å². The van der Waals surface area contributed by atoms with Crippen molar-refractivity contribution in [1.82, 2.24) is 5.32 Å². The van der Waals surface area contributed by atoms with Crippen molar-refractivity contribution in [2.75, 3.05) is 11.9 Å². The van der Waals surface area contributed by atoms with E-state index in [0.717, 1.165) is 29.5 Å². The van der Waals surface area contributed by atoms with E-state index >= 15 is 0 Å². The topological polar surface area (TPSA) is 41.1 Å². The number of hydrogen-bond donors (Lipinski definition) is 2. The lowest BCUT2D eigenvalue weighted by Crippen LogP contribution is -2.40. The lowest BCUT2D eigenvalue weighted by atomic mass is 9.92. The Morgan fingerprint density at radius 3 is 2.76 bits per heavy atom. The first kappa shape index (κ1) is 12.6. The van der Waals surface area contributed by atoms with Gasteiger partial charge in [-0.15, -0.1) is 0 Å². The smallest absolute Gasteiger partial charge is 0.227 e. The van der Waals surface area contributed by atoms with Crippen LogP contribution in [0.3, 0.4) is 0 Å². The van der Waals surface area contributed by atoms with Gasteiger partial charge in [-0.05, 0) is 50.6 Å². The van der Waals surface area contributed by atoms with Gasteiger partial charge in [0, 0.05) is 22.1 Å². The van der Waals surface area contributed by atoms with Gasteiger partial charge >= 0.3 is 0 Å². The molecule has 0 aromatic heterocycles. The quantitative estimate of drug-likeness (QED) is 0.881. The first-order valence-corrected chi connectivity index (χ1v) is 6.74. The number of piperidine rings is 1. The molecule has 0 unspecified atom stereocenters. The summed E-state index contributed by atoms with van der Waals surface area (Å²) in [6.07, 6.45) is 1.84. The Morgan fingerprint density at radius 2 is 2.12 bits per heavy atom. The maximum Gasteiger partial charge on any atom is 0.227 e. The first-order chi connectivity index (χ1) is 8.15. The summed E-state index contributed by atoms with van der Waals surface area (Å²) in [7, 11) is 0. The van der Waals surface area contributed by atoms with Crippen molar-refractivity contribution in [1.29, 1.82) is 0 Å². The monoisotopic (exact) mass is 296 g/mol. The highest BCUT2D eigenvalue weighted by Gasteiger charge is 2.24. The average Bonchev–Trinajstić information content (AvgIpc) is 2.32. The van der Waals surface area contributed by atoms with Crippen molar-refractivity contribution < 1.29 is 4.79 Å². The van der Waals surface area contributed by atoms with E-state index < -0.39 is 0 Å². The fourth-order valence-corrected chi connectivity index (χ4v) is 2.41. The minimum absolute atomic E-state index is 0.134. The summed E-state index contributed by atoms with van der Waals surface area (Å²) in [5, 5.41) is 6.32. The Hall–Kier alpha value is -0.870. The van der Waals surface area contributed by atoms with Crippen molar-refractivity contribution in [2.45, 2.75) is 25.8 Å². The molecule has 0 bridgehead atoms. The van der Waals surface area contributed by atoms with Crippen molar-refractivity contribution in [3.8, 4) is 0 Å². The minimum Gasteiger partial charge on any atom is -0.326 e. The Kier molecular flexibility index (Phi) is 4.18. The van der Waals surface area contributed by atoms with E-state index in [1.807, 2.05) is 24.3 Å². The third-order valence-electron chi connectivity index (χ3n) is 3.11. The van der Waals surface area contributed by atoms with Gasteiger partial charge in [-0.1, -0.05) is 15.9 Å². The van der Waals surface area contributed by atoms with Crippen LogP contribution in [0.4, 0.5) is 5.69 Å². The number of amides is 1. The van der Waals surface area contributed by atoms with Gasteiger partial charge in [0.1, 0.15) is 0 Å². The molecule has 0 radical (unpaired) electrons. The summed E-state index contributed by atoms with van der Waals surface area (Å²) >= 11 is 3.38. The summed E-state index contributed by atoms with van der Waals surface area (Å²) < 4.78 is 1.02. The predicted molar refractivity (Wildman–Crippen MR) is 73.0 cm³/mol. The molecule has 1 heterocycles. The van der Waals surface area contributed by atoms with Gasteiger partial charge in [-0.3, -0.25) is 4.79 Å². The molecule has 0 aliphatic carbocycles. The number of halogens is 1. The Balaban J connectivity index is 1.94. The van der Waals surface area contributed by atoms with E-state index in [2.05, 4.69) is 33.5 Å². The Morgan fingerprint density at radius 1 is 1.41 bits per heavy atom.